The Labute approximate surface area is 168 Å². The van der Waals surface area contributed by atoms with Crippen molar-refractivity contribution < 1.29 is 23.8 Å². The predicted octanol–water partition coefficient (Wildman–Crippen LogP) is 3.29. The number of benzene rings is 2. The Morgan fingerprint density at radius 3 is 2.48 bits per heavy atom. The van der Waals surface area contributed by atoms with Crippen molar-refractivity contribution in [3.8, 4) is 0 Å². The van der Waals surface area contributed by atoms with Crippen molar-refractivity contribution in [1.82, 2.24) is 5.32 Å². The van der Waals surface area contributed by atoms with Crippen LogP contribution in [0.4, 0.5) is 0 Å². The number of allylic oxidation sites excluding steroid dienone is 2. The lowest BCUT2D eigenvalue weighted by molar-refractivity contribution is -0.252. The normalized spacial score (nSPS) is 24.2. The van der Waals surface area contributed by atoms with Gasteiger partial charge in [0.25, 0.3) is 0 Å². The molecule has 2 aliphatic rings. The Morgan fingerprint density at radius 1 is 1.07 bits per heavy atom. The molecule has 0 aromatic heterocycles. The summed E-state index contributed by atoms with van der Waals surface area (Å²) in [4.78, 5) is 24.6. The fraction of sp³-hybridized carbons (Fsp3) is 0.217. The highest BCUT2D eigenvalue weighted by Gasteiger charge is 2.38. The first-order valence-corrected chi connectivity index (χ1v) is 9.39. The minimum Gasteiger partial charge on any atom is -0.452 e. The maximum atomic E-state index is 12.3. The van der Waals surface area contributed by atoms with E-state index in [0.717, 1.165) is 5.56 Å². The van der Waals surface area contributed by atoms with Gasteiger partial charge < -0.3 is 19.5 Å². The number of ketones is 1. The third-order valence-electron chi connectivity index (χ3n) is 4.68. The average molecular weight is 391 g/mol. The highest BCUT2D eigenvalue weighted by atomic mass is 16.7. The zero-order chi connectivity index (χ0) is 20.2. The number of carbonyl (C=O) groups is 2. The van der Waals surface area contributed by atoms with E-state index < -0.39 is 24.5 Å². The van der Waals surface area contributed by atoms with E-state index in [2.05, 4.69) is 5.32 Å². The van der Waals surface area contributed by atoms with E-state index in [0.29, 0.717) is 11.3 Å². The van der Waals surface area contributed by atoms with Crippen LogP contribution in [0.3, 0.4) is 0 Å². The number of carbonyl (C=O) groups excluding carboxylic acids is 2. The van der Waals surface area contributed by atoms with Gasteiger partial charge in [0.2, 0.25) is 0 Å². The van der Waals surface area contributed by atoms with Gasteiger partial charge in [0.1, 0.15) is 11.8 Å². The van der Waals surface area contributed by atoms with E-state index >= 15 is 0 Å². The largest absolute Gasteiger partial charge is 0.452 e. The fourth-order valence-corrected chi connectivity index (χ4v) is 3.24. The molecule has 2 aliphatic heterocycles. The van der Waals surface area contributed by atoms with Crippen molar-refractivity contribution in [2.24, 2.45) is 0 Å². The third-order valence-corrected chi connectivity index (χ3v) is 4.68. The van der Waals surface area contributed by atoms with E-state index in [1.54, 1.807) is 37.3 Å². The lowest BCUT2D eigenvalue weighted by atomic mass is 10.1. The van der Waals surface area contributed by atoms with E-state index in [4.69, 9.17) is 14.2 Å². The second-order valence-electron chi connectivity index (χ2n) is 6.88. The molecule has 1 fully saturated rings. The molecule has 0 unspecified atom stereocenters. The fourth-order valence-electron chi connectivity index (χ4n) is 3.24. The smallest absolute Gasteiger partial charge is 0.354 e. The number of ether oxygens (including phenoxy) is 3. The van der Waals surface area contributed by atoms with Crippen LogP contribution in [0.2, 0.25) is 0 Å². The van der Waals surface area contributed by atoms with Gasteiger partial charge in [-0.15, -0.1) is 0 Å². The van der Waals surface area contributed by atoms with Crippen LogP contribution in [0.15, 0.2) is 84.2 Å². The molecule has 0 spiro atoms. The summed E-state index contributed by atoms with van der Waals surface area (Å²) in [7, 11) is 0. The minimum absolute atomic E-state index is 0.148. The molecule has 3 atom stereocenters. The molecule has 29 heavy (non-hydrogen) atoms. The summed E-state index contributed by atoms with van der Waals surface area (Å²) in [5.41, 5.74) is 2.25. The Hall–Kier alpha value is -3.22. The molecule has 148 valence electrons. The lowest BCUT2D eigenvalue weighted by Crippen LogP contribution is -2.47. The summed E-state index contributed by atoms with van der Waals surface area (Å²) in [6, 6.07) is 18.5. The molecule has 6 nitrogen and oxygen atoms in total. The number of hydrogen-bond acceptors (Lipinski definition) is 6. The highest BCUT2D eigenvalue weighted by Crippen LogP contribution is 2.30. The second-order valence-corrected chi connectivity index (χ2v) is 6.88. The second kappa shape index (κ2) is 8.43. The zero-order valence-corrected chi connectivity index (χ0v) is 15.9. The quantitative estimate of drug-likeness (QED) is 0.479. The topological polar surface area (TPSA) is 73.9 Å². The first kappa shape index (κ1) is 19.1. The van der Waals surface area contributed by atoms with Crippen LogP contribution in [-0.2, 0) is 19.0 Å². The standard InChI is InChI=1S/C23H21NO5/c1-15(12-19(25)16-8-4-2-5-9-16)24-18-13-20-21(28-22(18)26)14-27-23(29-20)17-10-6-3-7-11-17/h2-13,20-21,23-24H,14H2,1H3/b15-12-/t20-,21-,23+/m1/s1. The molecule has 1 saturated heterocycles. The molecule has 0 aliphatic carbocycles. The number of rotatable bonds is 5. The SMILES string of the molecule is C/C(=C/C(=O)c1ccccc1)NC1=C[C@H]2O[C@@H](c3ccccc3)OC[C@H]2OC1=O. The minimum atomic E-state index is -0.525. The number of hydrogen-bond donors (Lipinski definition) is 1. The molecule has 2 aromatic carbocycles. The monoisotopic (exact) mass is 391 g/mol. The number of fused-ring (bicyclic) bond motifs is 1. The Bertz CT molecular complexity index is 952. The summed E-state index contributed by atoms with van der Waals surface area (Å²) < 4.78 is 17.1. The molecule has 0 bridgehead atoms. The molecular formula is C23H21NO5. The summed E-state index contributed by atoms with van der Waals surface area (Å²) in [6.45, 7) is 1.97. The van der Waals surface area contributed by atoms with Gasteiger partial charge in [-0.2, -0.15) is 0 Å². The van der Waals surface area contributed by atoms with Gasteiger partial charge in [-0.05, 0) is 13.0 Å². The van der Waals surface area contributed by atoms with Gasteiger partial charge in [-0.3, -0.25) is 4.79 Å². The molecule has 0 saturated carbocycles. The van der Waals surface area contributed by atoms with Crippen LogP contribution in [-0.4, -0.2) is 30.6 Å². The van der Waals surface area contributed by atoms with Crippen molar-refractivity contribution in [2.75, 3.05) is 6.61 Å². The molecule has 2 heterocycles. The van der Waals surface area contributed by atoms with Gasteiger partial charge in [0.05, 0.1) is 6.61 Å². The molecule has 2 aromatic rings. The van der Waals surface area contributed by atoms with Crippen LogP contribution in [0.5, 0.6) is 0 Å². The van der Waals surface area contributed by atoms with E-state index in [-0.39, 0.29) is 18.1 Å². The van der Waals surface area contributed by atoms with E-state index in [1.807, 2.05) is 36.4 Å². The molecule has 0 radical (unpaired) electrons. The lowest BCUT2D eigenvalue weighted by Gasteiger charge is -2.37. The average Bonchev–Trinajstić information content (AvgIpc) is 2.75. The summed E-state index contributed by atoms with van der Waals surface area (Å²) in [5, 5.41) is 2.96. The molecule has 4 rings (SSSR count). The van der Waals surface area contributed by atoms with E-state index in [1.165, 1.54) is 6.08 Å². The summed E-state index contributed by atoms with van der Waals surface area (Å²) >= 11 is 0. The van der Waals surface area contributed by atoms with Gasteiger partial charge in [-0.25, -0.2) is 4.79 Å². The van der Waals surface area contributed by atoms with E-state index in [9.17, 15) is 9.59 Å². The van der Waals surface area contributed by atoms with Gasteiger partial charge >= 0.3 is 5.97 Å². The summed E-state index contributed by atoms with van der Waals surface area (Å²) in [5.74, 6) is -0.652. The van der Waals surface area contributed by atoms with Crippen molar-refractivity contribution in [3.63, 3.8) is 0 Å². The molecule has 6 heteroatoms. The molecule has 1 N–H and O–H groups in total. The number of esters is 1. The van der Waals surface area contributed by atoms with Crippen molar-refractivity contribution in [3.05, 3.63) is 95.3 Å². The van der Waals surface area contributed by atoms with Crippen molar-refractivity contribution >= 4 is 11.8 Å². The van der Waals surface area contributed by atoms with Gasteiger partial charge in [0, 0.05) is 22.9 Å². The van der Waals surface area contributed by atoms with Gasteiger partial charge in [-0.1, -0.05) is 60.7 Å². The van der Waals surface area contributed by atoms with Crippen LogP contribution in [0, 0.1) is 0 Å². The van der Waals surface area contributed by atoms with Crippen LogP contribution in [0.1, 0.15) is 29.1 Å². The Balaban J connectivity index is 1.47. The highest BCUT2D eigenvalue weighted by molar-refractivity contribution is 6.04. The van der Waals surface area contributed by atoms with Gasteiger partial charge in [0.15, 0.2) is 18.2 Å². The van der Waals surface area contributed by atoms with Crippen LogP contribution < -0.4 is 5.32 Å². The third kappa shape index (κ3) is 4.45. The van der Waals surface area contributed by atoms with Crippen molar-refractivity contribution in [2.45, 2.75) is 25.4 Å². The first-order chi connectivity index (χ1) is 14.1. The Morgan fingerprint density at radius 2 is 1.76 bits per heavy atom. The molecule has 0 amide bonds. The Kier molecular flexibility index (Phi) is 5.55. The maximum absolute atomic E-state index is 12.3. The zero-order valence-electron chi connectivity index (χ0n) is 15.9. The number of nitrogens with one attached hydrogen (secondary N) is 1. The predicted molar refractivity (Wildman–Crippen MR) is 106 cm³/mol. The van der Waals surface area contributed by atoms with Crippen LogP contribution in [0.25, 0.3) is 0 Å². The van der Waals surface area contributed by atoms with Crippen molar-refractivity contribution in [1.29, 1.82) is 0 Å². The first-order valence-electron chi connectivity index (χ1n) is 9.39. The maximum Gasteiger partial charge on any atom is 0.354 e. The molecular weight excluding hydrogens is 370 g/mol. The van der Waals surface area contributed by atoms with Crippen LogP contribution >= 0.6 is 0 Å². The summed E-state index contributed by atoms with van der Waals surface area (Å²) in [6.07, 6.45) is 1.69.